The van der Waals surface area contributed by atoms with Crippen LogP contribution in [0.4, 0.5) is 8.78 Å². The summed E-state index contributed by atoms with van der Waals surface area (Å²) < 4.78 is 37.2. The van der Waals surface area contributed by atoms with E-state index in [9.17, 15) is 8.78 Å². The average molecular weight is 291 g/mol. The summed E-state index contributed by atoms with van der Waals surface area (Å²) in [6, 6.07) is 9.27. The van der Waals surface area contributed by atoms with Crippen molar-refractivity contribution in [1.82, 2.24) is 5.32 Å². The van der Waals surface area contributed by atoms with Crippen LogP contribution in [-0.2, 0) is 0 Å². The van der Waals surface area contributed by atoms with Crippen LogP contribution in [0, 0.1) is 11.6 Å². The topological polar surface area (TPSA) is 30.5 Å². The van der Waals surface area contributed by atoms with Crippen LogP contribution in [0.15, 0.2) is 36.4 Å². The molecule has 3 rings (SSSR count). The second kappa shape index (κ2) is 5.69. The number of ether oxygens (including phenoxy) is 2. The van der Waals surface area contributed by atoms with E-state index in [0.717, 1.165) is 11.6 Å². The van der Waals surface area contributed by atoms with Gasteiger partial charge in [-0.15, -0.1) is 0 Å². The van der Waals surface area contributed by atoms with Crippen LogP contribution in [0.5, 0.6) is 11.5 Å². The molecule has 1 atom stereocenters. The number of hydrogen-bond donors (Lipinski definition) is 1. The van der Waals surface area contributed by atoms with Gasteiger partial charge in [0.15, 0.2) is 23.1 Å². The van der Waals surface area contributed by atoms with Crippen LogP contribution >= 0.6 is 0 Å². The highest BCUT2D eigenvalue weighted by molar-refractivity contribution is 5.47. The summed E-state index contributed by atoms with van der Waals surface area (Å²) in [6.45, 7) is 2.85. The lowest BCUT2D eigenvalue weighted by atomic mass is 9.98. The predicted molar refractivity (Wildman–Crippen MR) is 74.4 cm³/mol. The van der Waals surface area contributed by atoms with Gasteiger partial charge in [0.25, 0.3) is 0 Å². The Bertz CT molecular complexity index is 661. The van der Waals surface area contributed by atoms with E-state index in [-0.39, 0.29) is 12.8 Å². The van der Waals surface area contributed by atoms with Crippen molar-refractivity contribution < 1.29 is 18.3 Å². The predicted octanol–water partition coefficient (Wildman–Crippen LogP) is 3.39. The Morgan fingerprint density at radius 3 is 2.48 bits per heavy atom. The zero-order chi connectivity index (χ0) is 14.8. The van der Waals surface area contributed by atoms with Gasteiger partial charge in [-0.1, -0.05) is 19.1 Å². The molecule has 1 aliphatic rings. The van der Waals surface area contributed by atoms with Crippen LogP contribution in [0.3, 0.4) is 0 Å². The molecule has 2 aromatic rings. The molecule has 0 amide bonds. The molecular formula is C16H15F2NO2. The first-order valence-electron chi connectivity index (χ1n) is 6.77. The molecular weight excluding hydrogens is 276 g/mol. The molecule has 1 aliphatic heterocycles. The Labute approximate surface area is 121 Å². The van der Waals surface area contributed by atoms with E-state index in [1.54, 1.807) is 6.07 Å². The molecule has 1 N–H and O–H groups in total. The maximum Gasteiger partial charge on any atom is 0.231 e. The smallest absolute Gasteiger partial charge is 0.231 e. The van der Waals surface area contributed by atoms with Gasteiger partial charge in [0.1, 0.15) is 0 Å². The van der Waals surface area contributed by atoms with Crippen molar-refractivity contribution >= 4 is 0 Å². The summed E-state index contributed by atoms with van der Waals surface area (Å²) in [6.07, 6.45) is 0. The van der Waals surface area contributed by atoms with Gasteiger partial charge in [-0.3, -0.25) is 0 Å². The number of fused-ring (bicyclic) bond motifs is 1. The monoisotopic (exact) mass is 291 g/mol. The zero-order valence-corrected chi connectivity index (χ0v) is 11.5. The molecule has 0 spiro atoms. The van der Waals surface area contributed by atoms with Crippen molar-refractivity contribution in [3.8, 4) is 11.5 Å². The standard InChI is InChI=1S/C16H15F2NO2/c1-2-19-16(10-3-5-12(17)13(18)7-10)11-4-6-14-15(8-11)21-9-20-14/h3-8,16,19H,2,9H2,1H3. The van der Waals surface area contributed by atoms with Crippen LogP contribution in [0.1, 0.15) is 24.1 Å². The third-order valence-electron chi connectivity index (χ3n) is 3.42. The quantitative estimate of drug-likeness (QED) is 0.936. The lowest BCUT2D eigenvalue weighted by Crippen LogP contribution is -2.22. The second-order valence-corrected chi connectivity index (χ2v) is 4.78. The summed E-state index contributed by atoms with van der Waals surface area (Å²) in [4.78, 5) is 0. The number of nitrogens with one attached hydrogen (secondary N) is 1. The van der Waals surface area contributed by atoms with Gasteiger partial charge in [-0.05, 0) is 41.9 Å². The largest absolute Gasteiger partial charge is 0.454 e. The second-order valence-electron chi connectivity index (χ2n) is 4.78. The van der Waals surface area contributed by atoms with E-state index in [1.165, 1.54) is 6.07 Å². The minimum atomic E-state index is -0.851. The SMILES string of the molecule is CCNC(c1ccc(F)c(F)c1)c1ccc2c(c1)OCO2. The van der Waals surface area contributed by atoms with Crippen molar-refractivity contribution in [3.05, 3.63) is 59.2 Å². The molecule has 0 bridgehead atoms. The third-order valence-corrected chi connectivity index (χ3v) is 3.42. The fraction of sp³-hybridized carbons (Fsp3) is 0.250. The molecule has 0 fully saturated rings. The summed E-state index contributed by atoms with van der Waals surface area (Å²) in [7, 11) is 0. The van der Waals surface area contributed by atoms with E-state index in [2.05, 4.69) is 5.32 Å². The molecule has 0 aliphatic carbocycles. The zero-order valence-electron chi connectivity index (χ0n) is 11.5. The van der Waals surface area contributed by atoms with E-state index in [0.29, 0.717) is 23.6 Å². The van der Waals surface area contributed by atoms with Crippen LogP contribution in [-0.4, -0.2) is 13.3 Å². The molecule has 2 aromatic carbocycles. The molecule has 5 heteroatoms. The van der Waals surface area contributed by atoms with E-state index in [1.807, 2.05) is 25.1 Å². The first-order valence-corrected chi connectivity index (χ1v) is 6.77. The summed E-state index contributed by atoms with van der Waals surface area (Å²) >= 11 is 0. The maximum absolute atomic E-state index is 13.5. The fourth-order valence-corrected chi connectivity index (χ4v) is 2.42. The van der Waals surface area contributed by atoms with Gasteiger partial charge in [0.05, 0.1) is 6.04 Å². The highest BCUT2D eigenvalue weighted by atomic mass is 19.2. The number of rotatable bonds is 4. The van der Waals surface area contributed by atoms with Crippen molar-refractivity contribution in [2.45, 2.75) is 13.0 Å². The van der Waals surface area contributed by atoms with Crippen LogP contribution < -0.4 is 14.8 Å². The highest BCUT2D eigenvalue weighted by Gasteiger charge is 2.19. The normalized spacial score (nSPS) is 14.2. The summed E-state index contributed by atoms with van der Waals surface area (Å²) in [5.41, 5.74) is 1.57. The van der Waals surface area contributed by atoms with E-state index < -0.39 is 11.6 Å². The molecule has 0 saturated carbocycles. The molecule has 21 heavy (non-hydrogen) atoms. The Hall–Kier alpha value is -2.14. The Kier molecular flexibility index (Phi) is 3.75. The van der Waals surface area contributed by atoms with Gasteiger partial charge in [-0.25, -0.2) is 8.78 Å². The number of benzene rings is 2. The minimum Gasteiger partial charge on any atom is -0.454 e. The number of hydrogen-bond acceptors (Lipinski definition) is 3. The Balaban J connectivity index is 1.99. The van der Waals surface area contributed by atoms with Gasteiger partial charge in [0.2, 0.25) is 6.79 Å². The molecule has 110 valence electrons. The van der Waals surface area contributed by atoms with Gasteiger partial charge >= 0.3 is 0 Å². The number of halogens is 2. The lowest BCUT2D eigenvalue weighted by Gasteiger charge is -2.19. The van der Waals surface area contributed by atoms with Crippen molar-refractivity contribution in [2.75, 3.05) is 13.3 Å². The summed E-state index contributed by atoms with van der Waals surface area (Å²) in [5.74, 6) is -0.340. The molecule has 0 radical (unpaired) electrons. The average Bonchev–Trinajstić information content (AvgIpc) is 2.95. The highest BCUT2D eigenvalue weighted by Crippen LogP contribution is 2.35. The summed E-state index contributed by atoms with van der Waals surface area (Å²) in [5, 5.41) is 3.27. The van der Waals surface area contributed by atoms with Gasteiger partial charge < -0.3 is 14.8 Å². The molecule has 0 aromatic heterocycles. The van der Waals surface area contributed by atoms with E-state index in [4.69, 9.17) is 9.47 Å². The fourth-order valence-electron chi connectivity index (χ4n) is 2.42. The molecule has 1 heterocycles. The van der Waals surface area contributed by atoms with Crippen molar-refractivity contribution in [3.63, 3.8) is 0 Å². The van der Waals surface area contributed by atoms with Crippen molar-refractivity contribution in [1.29, 1.82) is 0 Å². The Morgan fingerprint density at radius 1 is 1.00 bits per heavy atom. The maximum atomic E-state index is 13.5. The minimum absolute atomic E-state index is 0.204. The Morgan fingerprint density at radius 2 is 1.71 bits per heavy atom. The third kappa shape index (κ3) is 2.69. The first kappa shape index (κ1) is 13.8. The first-order chi connectivity index (χ1) is 10.2. The lowest BCUT2D eigenvalue weighted by molar-refractivity contribution is 0.174. The van der Waals surface area contributed by atoms with Crippen LogP contribution in [0.25, 0.3) is 0 Å². The molecule has 3 nitrogen and oxygen atoms in total. The van der Waals surface area contributed by atoms with Gasteiger partial charge in [-0.2, -0.15) is 0 Å². The van der Waals surface area contributed by atoms with Crippen LogP contribution in [0.2, 0.25) is 0 Å². The molecule has 1 unspecified atom stereocenters. The van der Waals surface area contributed by atoms with E-state index >= 15 is 0 Å². The van der Waals surface area contributed by atoms with Crippen molar-refractivity contribution in [2.24, 2.45) is 0 Å². The van der Waals surface area contributed by atoms with Gasteiger partial charge in [0, 0.05) is 0 Å². The molecule has 0 saturated heterocycles.